The van der Waals surface area contributed by atoms with Crippen LogP contribution in [0.5, 0.6) is 0 Å². The fraction of sp³-hybridized carbons (Fsp3) is 0.312. The first-order valence-electron chi connectivity index (χ1n) is 6.37. The van der Waals surface area contributed by atoms with Crippen molar-refractivity contribution in [3.05, 3.63) is 47.7 Å². The van der Waals surface area contributed by atoms with Crippen LogP contribution in [-0.2, 0) is 6.42 Å². The van der Waals surface area contributed by atoms with Crippen LogP contribution in [0.4, 0.5) is 5.82 Å². The van der Waals surface area contributed by atoms with Crippen molar-refractivity contribution < 1.29 is 0 Å². The Labute approximate surface area is 109 Å². The monoisotopic (exact) mass is 240 g/mol. The molecule has 0 atom stereocenters. The molecule has 0 aliphatic heterocycles. The maximum atomic E-state index is 5.69. The molecule has 0 aliphatic rings. The lowest BCUT2D eigenvalue weighted by Crippen LogP contribution is -1.95. The minimum atomic E-state index is 0.578. The molecule has 2 aromatic rings. The molecule has 0 saturated heterocycles. The Morgan fingerprint density at radius 1 is 1.22 bits per heavy atom. The summed E-state index contributed by atoms with van der Waals surface area (Å²) < 4.78 is 0. The number of aromatic nitrogens is 1. The Balaban J connectivity index is 2.38. The Kier molecular flexibility index (Phi) is 3.66. The third-order valence-electron chi connectivity index (χ3n) is 3.01. The van der Waals surface area contributed by atoms with E-state index in [1.54, 1.807) is 0 Å². The van der Waals surface area contributed by atoms with Crippen molar-refractivity contribution in [3.63, 3.8) is 0 Å². The largest absolute Gasteiger partial charge is 0.384 e. The standard InChI is InChI=1S/C16H20N2/c1-11(2)7-13-5-4-6-14(9-13)15-10-18-16(17)8-12(15)3/h4-6,8-11H,7H2,1-3H3,(H2,17,18). The molecule has 0 unspecified atom stereocenters. The van der Waals surface area contributed by atoms with Gasteiger partial charge in [-0.1, -0.05) is 38.1 Å². The van der Waals surface area contributed by atoms with Crippen molar-refractivity contribution in [3.8, 4) is 11.1 Å². The molecular formula is C16H20N2. The Bertz CT molecular complexity index is 545. The zero-order valence-corrected chi connectivity index (χ0v) is 11.3. The molecule has 0 aliphatic carbocycles. The molecule has 1 heterocycles. The van der Waals surface area contributed by atoms with Gasteiger partial charge in [-0.05, 0) is 42.0 Å². The highest BCUT2D eigenvalue weighted by Crippen LogP contribution is 2.25. The summed E-state index contributed by atoms with van der Waals surface area (Å²) in [5.74, 6) is 1.25. The summed E-state index contributed by atoms with van der Waals surface area (Å²) in [5, 5.41) is 0. The summed E-state index contributed by atoms with van der Waals surface area (Å²) in [7, 11) is 0. The van der Waals surface area contributed by atoms with E-state index in [-0.39, 0.29) is 0 Å². The molecular weight excluding hydrogens is 220 g/mol. The van der Waals surface area contributed by atoms with E-state index in [9.17, 15) is 0 Å². The van der Waals surface area contributed by atoms with Crippen molar-refractivity contribution >= 4 is 5.82 Å². The molecule has 2 heteroatoms. The molecule has 2 rings (SSSR count). The van der Waals surface area contributed by atoms with Gasteiger partial charge in [0.2, 0.25) is 0 Å². The summed E-state index contributed by atoms with van der Waals surface area (Å²) >= 11 is 0. The molecule has 1 aromatic carbocycles. The molecule has 18 heavy (non-hydrogen) atoms. The van der Waals surface area contributed by atoms with E-state index in [2.05, 4.69) is 50.0 Å². The topological polar surface area (TPSA) is 38.9 Å². The van der Waals surface area contributed by atoms with Gasteiger partial charge in [-0.25, -0.2) is 4.98 Å². The van der Waals surface area contributed by atoms with E-state index in [1.807, 2.05) is 12.3 Å². The summed E-state index contributed by atoms with van der Waals surface area (Å²) in [5.41, 5.74) is 10.6. The second-order valence-electron chi connectivity index (χ2n) is 5.22. The zero-order chi connectivity index (χ0) is 13.1. The van der Waals surface area contributed by atoms with Gasteiger partial charge >= 0.3 is 0 Å². The van der Waals surface area contributed by atoms with Gasteiger partial charge in [0.05, 0.1) is 0 Å². The van der Waals surface area contributed by atoms with Gasteiger partial charge in [0.15, 0.2) is 0 Å². The molecule has 2 N–H and O–H groups in total. The Morgan fingerprint density at radius 3 is 2.67 bits per heavy atom. The first-order chi connectivity index (χ1) is 8.56. The van der Waals surface area contributed by atoms with Crippen LogP contribution in [0.3, 0.4) is 0 Å². The number of nitrogens with two attached hydrogens (primary N) is 1. The lowest BCUT2D eigenvalue weighted by atomic mass is 9.97. The number of rotatable bonds is 3. The second-order valence-corrected chi connectivity index (χ2v) is 5.22. The first-order valence-corrected chi connectivity index (χ1v) is 6.37. The molecule has 0 fully saturated rings. The summed E-state index contributed by atoms with van der Waals surface area (Å²) in [6.07, 6.45) is 2.97. The normalized spacial score (nSPS) is 10.9. The van der Waals surface area contributed by atoms with Gasteiger partial charge in [0.1, 0.15) is 5.82 Å². The number of anilines is 1. The number of nitrogen functional groups attached to an aromatic ring is 1. The second kappa shape index (κ2) is 5.21. The lowest BCUT2D eigenvalue weighted by Gasteiger charge is -2.10. The van der Waals surface area contributed by atoms with E-state index in [0.717, 1.165) is 12.0 Å². The maximum absolute atomic E-state index is 5.69. The predicted octanol–water partition coefficient (Wildman–Crippen LogP) is 3.84. The molecule has 1 aromatic heterocycles. The van der Waals surface area contributed by atoms with E-state index in [0.29, 0.717) is 11.7 Å². The van der Waals surface area contributed by atoms with Gasteiger partial charge < -0.3 is 5.73 Å². The van der Waals surface area contributed by atoms with Gasteiger partial charge in [0.25, 0.3) is 0 Å². The third-order valence-corrected chi connectivity index (χ3v) is 3.01. The summed E-state index contributed by atoms with van der Waals surface area (Å²) in [4.78, 5) is 4.18. The van der Waals surface area contributed by atoms with Crippen molar-refractivity contribution in [2.75, 3.05) is 5.73 Å². The first kappa shape index (κ1) is 12.6. The number of hydrogen-bond donors (Lipinski definition) is 1. The van der Waals surface area contributed by atoms with Gasteiger partial charge in [-0.3, -0.25) is 0 Å². The molecule has 0 bridgehead atoms. The van der Waals surface area contributed by atoms with Gasteiger partial charge in [0, 0.05) is 11.8 Å². The van der Waals surface area contributed by atoms with Gasteiger partial charge in [-0.15, -0.1) is 0 Å². The maximum Gasteiger partial charge on any atom is 0.123 e. The number of nitrogens with zero attached hydrogens (tertiary/aromatic N) is 1. The van der Waals surface area contributed by atoms with Crippen LogP contribution in [0.1, 0.15) is 25.0 Å². The Morgan fingerprint density at radius 2 is 2.00 bits per heavy atom. The van der Waals surface area contributed by atoms with Crippen LogP contribution in [-0.4, -0.2) is 4.98 Å². The quantitative estimate of drug-likeness (QED) is 0.885. The number of benzene rings is 1. The average molecular weight is 240 g/mol. The Hall–Kier alpha value is -1.83. The van der Waals surface area contributed by atoms with E-state index in [4.69, 9.17) is 5.73 Å². The van der Waals surface area contributed by atoms with E-state index in [1.165, 1.54) is 16.7 Å². The van der Waals surface area contributed by atoms with Crippen molar-refractivity contribution in [1.29, 1.82) is 0 Å². The molecule has 2 nitrogen and oxygen atoms in total. The number of pyridine rings is 1. The molecule has 0 saturated carbocycles. The SMILES string of the molecule is Cc1cc(N)ncc1-c1cccc(CC(C)C)c1. The smallest absolute Gasteiger partial charge is 0.123 e. The van der Waals surface area contributed by atoms with Crippen LogP contribution in [0.25, 0.3) is 11.1 Å². The van der Waals surface area contributed by atoms with E-state index >= 15 is 0 Å². The average Bonchev–Trinajstić information content (AvgIpc) is 2.28. The molecule has 0 spiro atoms. The zero-order valence-electron chi connectivity index (χ0n) is 11.3. The van der Waals surface area contributed by atoms with Crippen molar-refractivity contribution in [1.82, 2.24) is 4.98 Å². The van der Waals surface area contributed by atoms with Crippen LogP contribution < -0.4 is 5.73 Å². The van der Waals surface area contributed by atoms with Crippen LogP contribution in [0.15, 0.2) is 36.5 Å². The molecule has 0 amide bonds. The highest BCUT2D eigenvalue weighted by molar-refractivity contribution is 5.68. The minimum Gasteiger partial charge on any atom is -0.384 e. The van der Waals surface area contributed by atoms with Gasteiger partial charge in [-0.2, -0.15) is 0 Å². The lowest BCUT2D eigenvalue weighted by molar-refractivity contribution is 0.647. The molecule has 94 valence electrons. The van der Waals surface area contributed by atoms with Crippen molar-refractivity contribution in [2.45, 2.75) is 27.2 Å². The van der Waals surface area contributed by atoms with Crippen LogP contribution in [0, 0.1) is 12.8 Å². The summed E-state index contributed by atoms with van der Waals surface area (Å²) in [6.45, 7) is 6.55. The number of aryl methyl sites for hydroxylation is 1. The summed E-state index contributed by atoms with van der Waals surface area (Å²) in [6, 6.07) is 10.6. The van der Waals surface area contributed by atoms with Crippen LogP contribution in [0.2, 0.25) is 0 Å². The molecule has 0 radical (unpaired) electrons. The van der Waals surface area contributed by atoms with Crippen molar-refractivity contribution in [2.24, 2.45) is 5.92 Å². The minimum absolute atomic E-state index is 0.578. The predicted molar refractivity (Wildman–Crippen MR) is 77.4 cm³/mol. The fourth-order valence-electron chi connectivity index (χ4n) is 2.22. The third kappa shape index (κ3) is 2.89. The highest BCUT2D eigenvalue weighted by atomic mass is 14.8. The van der Waals surface area contributed by atoms with Crippen LogP contribution >= 0.6 is 0 Å². The van der Waals surface area contributed by atoms with E-state index < -0.39 is 0 Å². The highest BCUT2D eigenvalue weighted by Gasteiger charge is 2.05. The fourth-order valence-corrected chi connectivity index (χ4v) is 2.22. The number of hydrogen-bond acceptors (Lipinski definition) is 2.